The van der Waals surface area contributed by atoms with Gasteiger partial charge in [-0.05, 0) is 26.2 Å². The summed E-state index contributed by atoms with van der Waals surface area (Å²) in [6, 6.07) is 0. The number of rotatable bonds is 2. The molecule has 1 nitrogen and oxygen atoms in total. The Kier molecular flexibility index (Phi) is 3.24. The zero-order valence-electron chi connectivity index (χ0n) is 7.89. The first-order valence-electron chi connectivity index (χ1n) is 4.75. The molecule has 3 heteroatoms. The van der Waals surface area contributed by atoms with Crippen LogP contribution in [0.2, 0.25) is 0 Å². The van der Waals surface area contributed by atoms with E-state index in [0.717, 1.165) is 19.8 Å². The maximum atomic E-state index is 12.9. The van der Waals surface area contributed by atoms with E-state index in [1.165, 1.54) is 0 Å². The molecule has 0 aliphatic heterocycles. The fourth-order valence-corrected chi connectivity index (χ4v) is 2.05. The number of hydrogen-bond acceptors (Lipinski definition) is 0. The van der Waals surface area contributed by atoms with Gasteiger partial charge < -0.3 is 4.85 Å². The van der Waals surface area contributed by atoms with Crippen LogP contribution in [0.15, 0.2) is 0 Å². The molecule has 13 heavy (non-hydrogen) atoms. The Morgan fingerprint density at radius 1 is 1.46 bits per heavy atom. The number of nitrogens with zero attached hydrogens (tertiary/aromatic N) is 1. The molecule has 1 fully saturated rings. The summed E-state index contributed by atoms with van der Waals surface area (Å²) in [4.78, 5) is 3.28. The smallest absolute Gasteiger partial charge is 0.248 e. The van der Waals surface area contributed by atoms with E-state index in [1.807, 2.05) is 0 Å². The van der Waals surface area contributed by atoms with Crippen LogP contribution in [0.25, 0.3) is 4.85 Å². The molecular weight excluding hydrogens is 172 g/mol. The first-order chi connectivity index (χ1) is 6.04. The van der Waals surface area contributed by atoms with Crippen LogP contribution in [0.4, 0.5) is 8.78 Å². The highest BCUT2D eigenvalue weighted by Gasteiger charge is 2.38. The van der Waals surface area contributed by atoms with E-state index in [0.29, 0.717) is 19.4 Å². The Morgan fingerprint density at radius 3 is 2.69 bits per heavy atom. The lowest BCUT2D eigenvalue weighted by molar-refractivity contribution is -0.0597. The molecule has 0 aromatic carbocycles. The van der Waals surface area contributed by atoms with Gasteiger partial charge in [0.2, 0.25) is 12.5 Å². The summed E-state index contributed by atoms with van der Waals surface area (Å²) >= 11 is 0. The fourth-order valence-electron chi connectivity index (χ4n) is 2.05. The second-order valence-corrected chi connectivity index (χ2v) is 4.03. The van der Waals surface area contributed by atoms with Crippen LogP contribution in [-0.2, 0) is 0 Å². The van der Waals surface area contributed by atoms with Crippen LogP contribution < -0.4 is 0 Å². The molecule has 2 atom stereocenters. The van der Waals surface area contributed by atoms with Crippen molar-refractivity contribution in [3.8, 4) is 0 Å². The molecule has 1 saturated carbocycles. The lowest BCUT2D eigenvalue weighted by atomic mass is 9.79. The molecular formula is C10H15F2N. The van der Waals surface area contributed by atoms with Crippen molar-refractivity contribution in [2.75, 3.05) is 6.54 Å². The van der Waals surface area contributed by atoms with Crippen molar-refractivity contribution in [1.82, 2.24) is 0 Å². The van der Waals surface area contributed by atoms with Crippen LogP contribution in [0.5, 0.6) is 0 Å². The van der Waals surface area contributed by atoms with Crippen molar-refractivity contribution in [2.45, 2.75) is 38.5 Å². The summed E-state index contributed by atoms with van der Waals surface area (Å²) in [5, 5.41) is 0. The zero-order valence-corrected chi connectivity index (χ0v) is 7.89. The van der Waals surface area contributed by atoms with Crippen LogP contribution >= 0.6 is 0 Å². The van der Waals surface area contributed by atoms with Gasteiger partial charge >= 0.3 is 0 Å². The summed E-state index contributed by atoms with van der Waals surface area (Å²) in [6.07, 6.45) is 2.97. The average molecular weight is 187 g/mol. The molecule has 0 radical (unpaired) electrons. The van der Waals surface area contributed by atoms with Crippen LogP contribution in [0, 0.1) is 18.4 Å². The Balaban J connectivity index is 2.48. The molecule has 0 N–H and O–H groups in total. The van der Waals surface area contributed by atoms with Gasteiger partial charge in [0.05, 0.1) is 0 Å². The van der Waals surface area contributed by atoms with Crippen molar-refractivity contribution in [3.05, 3.63) is 11.4 Å². The summed E-state index contributed by atoms with van der Waals surface area (Å²) in [7, 11) is 0. The van der Waals surface area contributed by atoms with E-state index in [-0.39, 0.29) is 5.92 Å². The van der Waals surface area contributed by atoms with Gasteiger partial charge in [-0.2, -0.15) is 0 Å². The Labute approximate surface area is 78.0 Å². The number of halogens is 2. The highest BCUT2D eigenvalue weighted by molar-refractivity contribution is 4.83. The molecule has 0 amide bonds. The predicted molar refractivity (Wildman–Crippen MR) is 47.5 cm³/mol. The van der Waals surface area contributed by atoms with Crippen molar-refractivity contribution in [1.29, 1.82) is 0 Å². The molecule has 74 valence electrons. The first-order valence-corrected chi connectivity index (χ1v) is 4.75. The molecule has 0 bridgehead atoms. The highest BCUT2D eigenvalue weighted by Crippen LogP contribution is 2.38. The number of alkyl halides is 2. The second-order valence-electron chi connectivity index (χ2n) is 4.03. The quantitative estimate of drug-likeness (QED) is 0.584. The van der Waals surface area contributed by atoms with Gasteiger partial charge in [-0.3, -0.25) is 0 Å². The van der Waals surface area contributed by atoms with Crippen LogP contribution in [0.1, 0.15) is 32.6 Å². The SMILES string of the molecule is [C-]#[N+]CC1CCCC(C(C)(F)F)C1. The molecule has 2 unspecified atom stereocenters. The maximum absolute atomic E-state index is 12.9. The molecule has 1 aliphatic rings. The Bertz CT molecular complexity index is 202. The number of hydrogen-bond donors (Lipinski definition) is 0. The van der Waals surface area contributed by atoms with E-state index in [2.05, 4.69) is 4.85 Å². The van der Waals surface area contributed by atoms with Gasteiger partial charge in [0, 0.05) is 11.8 Å². The third-order valence-electron chi connectivity index (χ3n) is 2.85. The topological polar surface area (TPSA) is 4.36 Å². The zero-order chi connectivity index (χ0) is 9.90. The van der Waals surface area contributed by atoms with Gasteiger partial charge in [0.15, 0.2) is 0 Å². The largest absolute Gasteiger partial charge is 0.317 e. The first kappa shape index (κ1) is 10.4. The van der Waals surface area contributed by atoms with Gasteiger partial charge in [-0.15, -0.1) is 0 Å². The van der Waals surface area contributed by atoms with Crippen LogP contribution in [-0.4, -0.2) is 12.5 Å². The van der Waals surface area contributed by atoms with Crippen molar-refractivity contribution < 1.29 is 8.78 Å². The van der Waals surface area contributed by atoms with Crippen molar-refractivity contribution in [3.63, 3.8) is 0 Å². The minimum Gasteiger partial charge on any atom is -0.317 e. The minimum absolute atomic E-state index is 0.210. The average Bonchev–Trinajstić information content (AvgIpc) is 2.04. The van der Waals surface area contributed by atoms with E-state index >= 15 is 0 Å². The molecule has 1 aliphatic carbocycles. The van der Waals surface area contributed by atoms with Crippen molar-refractivity contribution in [2.24, 2.45) is 11.8 Å². The van der Waals surface area contributed by atoms with E-state index in [4.69, 9.17) is 6.57 Å². The predicted octanol–water partition coefficient (Wildman–Crippen LogP) is 3.37. The normalized spacial score (nSPS) is 29.7. The van der Waals surface area contributed by atoms with Crippen molar-refractivity contribution >= 4 is 0 Å². The summed E-state index contributed by atoms with van der Waals surface area (Å²) < 4.78 is 25.9. The summed E-state index contributed by atoms with van der Waals surface area (Å²) in [5.41, 5.74) is 0. The monoisotopic (exact) mass is 187 g/mol. The van der Waals surface area contributed by atoms with E-state index in [9.17, 15) is 8.78 Å². The Morgan fingerprint density at radius 2 is 2.15 bits per heavy atom. The minimum atomic E-state index is -2.55. The molecule has 0 aromatic heterocycles. The Hall–Kier alpha value is -0.650. The fraction of sp³-hybridized carbons (Fsp3) is 0.900. The second kappa shape index (κ2) is 4.04. The summed E-state index contributed by atoms with van der Waals surface area (Å²) in [5.74, 6) is -2.84. The van der Waals surface area contributed by atoms with Gasteiger partial charge in [0.1, 0.15) is 0 Å². The van der Waals surface area contributed by atoms with E-state index in [1.54, 1.807) is 0 Å². The third kappa shape index (κ3) is 2.95. The standard InChI is InChI=1S/C10H15F2N/c1-10(11,12)9-5-3-4-8(6-9)7-13-2/h8-9H,3-7H2,1H3. The lowest BCUT2D eigenvalue weighted by Gasteiger charge is -2.30. The third-order valence-corrected chi connectivity index (χ3v) is 2.85. The maximum Gasteiger partial charge on any atom is 0.248 e. The van der Waals surface area contributed by atoms with Gasteiger partial charge in [0.25, 0.3) is 0 Å². The molecule has 0 heterocycles. The van der Waals surface area contributed by atoms with Gasteiger partial charge in [-0.25, -0.2) is 15.4 Å². The van der Waals surface area contributed by atoms with E-state index < -0.39 is 11.8 Å². The molecule has 0 aromatic rings. The van der Waals surface area contributed by atoms with Gasteiger partial charge in [-0.1, -0.05) is 6.42 Å². The molecule has 1 rings (SSSR count). The highest BCUT2D eigenvalue weighted by atomic mass is 19.3. The lowest BCUT2D eigenvalue weighted by Crippen LogP contribution is -2.30. The summed E-state index contributed by atoms with van der Waals surface area (Å²) in [6.45, 7) is 8.12. The van der Waals surface area contributed by atoms with Crippen LogP contribution in [0.3, 0.4) is 0 Å². The molecule has 0 spiro atoms. The molecule has 0 saturated heterocycles.